The van der Waals surface area contributed by atoms with Crippen molar-refractivity contribution in [3.05, 3.63) is 0 Å². The zero-order valence-corrected chi connectivity index (χ0v) is 11.9. The minimum atomic E-state index is -0.200. The minimum absolute atomic E-state index is 0.0794. The first kappa shape index (κ1) is 15.4. The Kier molecular flexibility index (Phi) is 6.09. The summed E-state index contributed by atoms with van der Waals surface area (Å²) in [6.07, 6.45) is 4.09. The Hall–Kier alpha value is -0.610. The molecular weight excluding hydrogens is 230 g/mol. The fourth-order valence-electron chi connectivity index (χ4n) is 2.23. The third-order valence-electron chi connectivity index (χ3n) is 3.16. The normalized spacial score (nSPS) is 22.6. The molecule has 106 valence electrons. The highest BCUT2D eigenvalue weighted by Crippen LogP contribution is 2.25. The molecule has 0 saturated carbocycles. The summed E-state index contributed by atoms with van der Waals surface area (Å²) in [5.41, 5.74) is 5.75. The van der Waals surface area contributed by atoms with E-state index in [1.54, 1.807) is 0 Å². The van der Waals surface area contributed by atoms with Crippen LogP contribution in [0, 0.1) is 11.3 Å². The van der Waals surface area contributed by atoms with E-state index in [2.05, 4.69) is 20.8 Å². The van der Waals surface area contributed by atoms with Crippen molar-refractivity contribution < 1.29 is 14.3 Å². The van der Waals surface area contributed by atoms with E-state index in [4.69, 9.17) is 15.2 Å². The van der Waals surface area contributed by atoms with Gasteiger partial charge < -0.3 is 15.2 Å². The Morgan fingerprint density at radius 3 is 2.67 bits per heavy atom. The standard InChI is InChI=1S/C14H27NO3/c1-14(2,3)8-11(9-15)13(16)18-10-12-6-4-5-7-17-12/h11-12H,4-10,15H2,1-3H3. The fourth-order valence-corrected chi connectivity index (χ4v) is 2.23. The van der Waals surface area contributed by atoms with E-state index in [1.165, 1.54) is 0 Å². The molecule has 0 aliphatic carbocycles. The van der Waals surface area contributed by atoms with Crippen LogP contribution in [0.4, 0.5) is 0 Å². The molecule has 1 aliphatic heterocycles. The van der Waals surface area contributed by atoms with Crippen molar-refractivity contribution in [3.63, 3.8) is 0 Å². The number of rotatable bonds is 5. The van der Waals surface area contributed by atoms with E-state index in [1.807, 2.05) is 0 Å². The number of nitrogens with two attached hydrogens (primary N) is 1. The van der Waals surface area contributed by atoms with Crippen LogP contribution in [0.3, 0.4) is 0 Å². The molecule has 0 spiro atoms. The third-order valence-corrected chi connectivity index (χ3v) is 3.16. The molecule has 2 atom stereocenters. The highest BCUT2D eigenvalue weighted by molar-refractivity contribution is 5.72. The summed E-state index contributed by atoms with van der Waals surface area (Å²) < 4.78 is 10.9. The van der Waals surface area contributed by atoms with Crippen LogP contribution in [-0.4, -0.2) is 31.8 Å². The van der Waals surface area contributed by atoms with E-state index < -0.39 is 0 Å². The maximum atomic E-state index is 11.9. The SMILES string of the molecule is CC(C)(C)CC(CN)C(=O)OCC1CCCCO1. The maximum Gasteiger partial charge on any atom is 0.310 e. The van der Waals surface area contributed by atoms with Crippen LogP contribution < -0.4 is 5.73 Å². The lowest BCUT2D eigenvalue weighted by molar-refractivity contribution is -0.154. The number of carbonyl (C=O) groups excluding carboxylic acids is 1. The molecule has 18 heavy (non-hydrogen) atoms. The number of esters is 1. The van der Waals surface area contributed by atoms with Crippen LogP contribution >= 0.6 is 0 Å². The molecule has 2 unspecified atom stereocenters. The zero-order chi connectivity index (χ0) is 13.6. The van der Waals surface area contributed by atoms with Crippen molar-refractivity contribution >= 4 is 5.97 Å². The van der Waals surface area contributed by atoms with Crippen LogP contribution in [0.25, 0.3) is 0 Å². The molecule has 1 saturated heterocycles. The second-order valence-corrected chi connectivity index (χ2v) is 6.32. The average molecular weight is 257 g/mol. The number of ether oxygens (including phenoxy) is 2. The lowest BCUT2D eigenvalue weighted by atomic mass is 9.85. The van der Waals surface area contributed by atoms with Crippen LogP contribution in [0.15, 0.2) is 0 Å². The number of carbonyl (C=O) groups is 1. The molecular formula is C14H27NO3. The Bertz CT molecular complexity index is 254. The van der Waals surface area contributed by atoms with Gasteiger partial charge in [-0.15, -0.1) is 0 Å². The molecule has 0 aromatic carbocycles. The van der Waals surface area contributed by atoms with Gasteiger partial charge in [0, 0.05) is 13.2 Å². The Balaban J connectivity index is 2.32. The van der Waals surface area contributed by atoms with Gasteiger partial charge in [0.05, 0.1) is 12.0 Å². The van der Waals surface area contributed by atoms with E-state index in [0.717, 1.165) is 32.3 Å². The molecule has 0 bridgehead atoms. The Morgan fingerprint density at radius 1 is 1.44 bits per heavy atom. The van der Waals surface area contributed by atoms with E-state index in [-0.39, 0.29) is 23.4 Å². The monoisotopic (exact) mass is 257 g/mol. The highest BCUT2D eigenvalue weighted by Gasteiger charge is 2.26. The van der Waals surface area contributed by atoms with Crippen molar-refractivity contribution in [3.8, 4) is 0 Å². The first-order valence-corrected chi connectivity index (χ1v) is 6.90. The van der Waals surface area contributed by atoms with Crippen molar-refractivity contribution in [2.75, 3.05) is 19.8 Å². The van der Waals surface area contributed by atoms with E-state index in [0.29, 0.717) is 13.2 Å². The van der Waals surface area contributed by atoms with Gasteiger partial charge in [-0.1, -0.05) is 20.8 Å². The zero-order valence-electron chi connectivity index (χ0n) is 11.9. The van der Waals surface area contributed by atoms with Gasteiger partial charge in [-0.3, -0.25) is 4.79 Å². The first-order chi connectivity index (χ1) is 8.42. The fraction of sp³-hybridized carbons (Fsp3) is 0.929. The Morgan fingerprint density at radius 2 is 2.17 bits per heavy atom. The van der Waals surface area contributed by atoms with Crippen molar-refractivity contribution in [2.24, 2.45) is 17.1 Å². The molecule has 0 radical (unpaired) electrons. The molecule has 0 amide bonds. The van der Waals surface area contributed by atoms with Crippen LogP contribution in [-0.2, 0) is 14.3 Å². The van der Waals surface area contributed by atoms with Gasteiger partial charge in [-0.05, 0) is 31.1 Å². The molecule has 0 aromatic heterocycles. The van der Waals surface area contributed by atoms with Crippen LogP contribution in [0.1, 0.15) is 46.5 Å². The molecule has 4 heteroatoms. The van der Waals surface area contributed by atoms with Crippen molar-refractivity contribution in [1.29, 1.82) is 0 Å². The summed E-state index contributed by atoms with van der Waals surface area (Å²) in [7, 11) is 0. The molecule has 4 nitrogen and oxygen atoms in total. The van der Waals surface area contributed by atoms with Gasteiger partial charge in [-0.25, -0.2) is 0 Å². The van der Waals surface area contributed by atoms with Gasteiger partial charge >= 0.3 is 5.97 Å². The largest absolute Gasteiger partial charge is 0.463 e. The van der Waals surface area contributed by atoms with Crippen LogP contribution in [0.5, 0.6) is 0 Å². The van der Waals surface area contributed by atoms with Gasteiger partial charge in [0.25, 0.3) is 0 Å². The maximum absolute atomic E-state index is 11.9. The Labute approximate surface area is 110 Å². The van der Waals surface area contributed by atoms with Crippen molar-refractivity contribution in [1.82, 2.24) is 0 Å². The topological polar surface area (TPSA) is 61.6 Å². The molecule has 2 N–H and O–H groups in total. The van der Waals surface area contributed by atoms with Crippen LogP contribution in [0.2, 0.25) is 0 Å². The molecule has 1 aliphatic rings. The van der Waals surface area contributed by atoms with Gasteiger partial charge in [0.15, 0.2) is 0 Å². The molecule has 0 aromatic rings. The smallest absolute Gasteiger partial charge is 0.310 e. The summed E-state index contributed by atoms with van der Waals surface area (Å²) >= 11 is 0. The average Bonchev–Trinajstić information content (AvgIpc) is 2.33. The van der Waals surface area contributed by atoms with Gasteiger partial charge in [0.2, 0.25) is 0 Å². The summed E-state index contributed by atoms with van der Waals surface area (Å²) in [6, 6.07) is 0. The molecule has 1 heterocycles. The predicted molar refractivity (Wildman–Crippen MR) is 71.2 cm³/mol. The number of hydrogen-bond acceptors (Lipinski definition) is 4. The van der Waals surface area contributed by atoms with E-state index >= 15 is 0 Å². The minimum Gasteiger partial charge on any atom is -0.463 e. The lowest BCUT2D eigenvalue weighted by Crippen LogP contribution is -2.33. The second-order valence-electron chi connectivity index (χ2n) is 6.32. The summed E-state index contributed by atoms with van der Waals surface area (Å²) in [5.74, 6) is -0.379. The van der Waals surface area contributed by atoms with Gasteiger partial charge in [0.1, 0.15) is 6.61 Å². The molecule has 1 fully saturated rings. The number of hydrogen-bond donors (Lipinski definition) is 1. The van der Waals surface area contributed by atoms with Crippen molar-refractivity contribution in [2.45, 2.75) is 52.6 Å². The highest BCUT2D eigenvalue weighted by atomic mass is 16.6. The molecule has 1 rings (SSSR count). The van der Waals surface area contributed by atoms with Gasteiger partial charge in [-0.2, -0.15) is 0 Å². The second kappa shape index (κ2) is 7.10. The summed E-state index contributed by atoms with van der Waals surface area (Å²) in [4.78, 5) is 11.9. The predicted octanol–water partition coefficient (Wildman–Crippen LogP) is 2.11. The lowest BCUT2D eigenvalue weighted by Gasteiger charge is -2.26. The van der Waals surface area contributed by atoms with E-state index in [9.17, 15) is 4.79 Å². The summed E-state index contributed by atoms with van der Waals surface area (Å²) in [5, 5.41) is 0. The third kappa shape index (κ3) is 5.83. The summed E-state index contributed by atoms with van der Waals surface area (Å²) in [6.45, 7) is 7.82. The quantitative estimate of drug-likeness (QED) is 0.766. The first-order valence-electron chi connectivity index (χ1n) is 6.90.